The van der Waals surface area contributed by atoms with Gasteiger partial charge in [-0.2, -0.15) is 0 Å². The number of hydrogen-bond acceptors (Lipinski definition) is 23. The number of Topliss-reactive ketones (excluding diaryl/α,β-unsaturated/α-hetero) is 1. The second kappa shape index (κ2) is 25.9. The lowest BCUT2D eigenvalue weighted by Crippen LogP contribution is -2.41. The van der Waals surface area contributed by atoms with Crippen molar-refractivity contribution in [1.29, 1.82) is 0 Å². The van der Waals surface area contributed by atoms with Gasteiger partial charge in [0.25, 0.3) is 11.8 Å². The van der Waals surface area contributed by atoms with E-state index in [0.29, 0.717) is 73.7 Å². The SMILES string of the molecule is CNC(=O)C[C@@H]1NC(=O)c2csc(n2)-c2ccc(-c3nc(NC(=O)OC(C)(C)C)cs3)nc2-c2csc(n2)-c2csc(n2)[C@H]([C@@H](OC(C)=O)c2ccccc2)NC(=O)CNC(=O)c2nc(sc2COC)C(C(C)C)CC(=O)c2nc1sc2C. The van der Waals surface area contributed by atoms with Crippen LogP contribution in [0.3, 0.4) is 0 Å². The number of nitrogens with one attached hydrogen (secondary N) is 5. The molecule has 0 fully saturated rings. The van der Waals surface area contributed by atoms with Crippen LogP contribution < -0.4 is 26.6 Å². The maximum absolute atomic E-state index is 14.4. The average Bonchev–Trinajstić information content (AvgIpc) is 4.07. The Balaban J connectivity index is 1.15. The molecule has 5 N–H and O–H groups in total. The van der Waals surface area contributed by atoms with Gasteiger partial charge in [0, 0.05) is 65.4 Å². The number of amides is 5. The molecule has 0 spiro atoms. The van der Waals surface area contributed by atoms with Gasteiger partial charge >= 0.3 is 12.1 Å². The maximum atomic E-state index is 14.4. The summed E-state index contributed by atoms with van der Waals surface area (Å²) in [6, 6.07) is 10.4. The minimum Gasteiger partial charge on any atom is -0.455 e. The fourth-order valence-corrected chi connectivity index (χ4v) is 14.2. The molecular formula is C55H56N12O10S6. The Morgan fingerprint density at radius 2 is 1.43 bits per heavy atom. The predicted molar refractivity (Wildman–Crippen MR) is 318 cm³/mol. The van der Waals surface area contributed by atoms with Crippen LogP contribution in [0.15, 0.2) is 64.0 Å². The average molecular weight is 1240 g/mol. The number of aryl methyl sites for hydroxylation is 1. The van der Waals surface area contributed by atoms with Gasteiger partial charge in [-0.3, -0.25) is 34.1 Å². The van der Waals surface area contributed by atoms with Gasteiger partial charge < -0.3 is 35.5 Å². The lowest BCUT2D eigenvalue weighted by atomic mass is 9.90. The van der Waals surface area contributed by atoms with E-state index >= 15 is 0 Å². The number of fused-ring (bicyclic) bond motifs is 14. The van der Waals surface area contributed by atoms with Crippen LogP contribution in [-0.2, 0) is 35.2 Å². The van der Waals surface area contributed by atoms with Crippen molar-refractivity contribution in [2.24, 2.45) is 5.92 Å². The van der Waals surface area contributed by atoms with Crippen molar-refractivity contribution in [2.45, 2.75) is 97.6 Å². The Kier molecular flexibility index (Phi) is 18.7. The molecule has 0 aliphatic carbocycles. The second-order valence-corrected chi connectivity index (χ2v) is 26.0. The number of benzene rings is 1. The normalized spacial score (nSPS) is 16.5. The molecule has 8 heterocycles. The highest BCUT2D eigenvalue weighted by Gasteiger charge is 2.35. The number of esters is 1. The monoisotopic (exact) mass is 1240 g/mol. The summed E-state index contributed by atoms with van der Waals surface area (Å²) in [5.74, 6) is -3.58. The third-order valence-electron chi connectivity index (χ3n) is 12.5. The van der Waals surface area contributed by atoms with Gasteiger partial charge in [-0.1, -0.05) is 44.2 Å². The summed E-state index contributed by atoms with van der Waals surface area (Å²) < 4.78 is 16.9. The van der Waals surface area contributed by atoms with E-state index in [0.717, 1.165) is 0 Å². The molecule has 0 radical (unpaired) electrons. The number of carbonyl (C=O) groups is 7. The summed E-state index contributed by atoms with van der Waals surface area (Å²) in [6.45, 7) is 11.7. The first-order chi connectivity index (χ1) is 39.6. The Labute approximate surface area is 500 Å². The zero-order valence-corrected chi connectivity index (χ0v) is 51.1. The first kappa shape index (κ1) is 60.0. The van der Waals surface area contributed by atoms with Crippen LogP contribution in [0.2, 0.25) is 0 Å². The van der Waals surface area contributed by atoms with Gasteiger partial charge in [0.15, 0.2) is 11.9 Å². The molecule has 0 saturated heterocycles. The van der Waals surface area contributed by atoms with Gasteiger partial charge in [0.2, 0.25) is 11.8 Å². The number of nitrogens with zero attached hydrogens (tertiary/aromatic N) is 7. The first-order valence-electron chi connectivity index (χ1n) is 25.8. The molecule has 8 aromatic rings. The summed E-state index contributed by atoms with van der Waals surface area (Å²) in [6.07, 6.45) is -1.98. The van der Waals surface area contributed by atoms with Gasteiger partial charge in [0.05, 0.1) is 41.2 Å². The predicted octanol–water partition coefficient (Wildman–Crippen LogP) is 10.1. The molecule has 1 unspecified atom stereocenters. The fraction of sp³-hybridized carbons (Fsp3) is 0.345. The summed E-state index contributed by atoms with van der Waals surface area (Å²) in [7, 11) is 2.96. The van der Waals surface area contributed by atoms with E-state index in [-0.39, 0.29) is 60.0 Å². The molecule has 1 aromatic carbocycles. The molecule has 22 nitrogen and oxygen atoms in total. The number of methoxy groups -OCH3 is 1. The maximum Gasteiger partial charge on any atom is 0.413 e. The Morgan fingerprint density at radius 1 is 0.735 bits per heavy atom. The number of carbonyl (C=O) groups excluding carboxylic acids is 7. The van der Waals surface area contributed by atoms with E-state index in [1.807, 2.05) is 13.8 Å². The molecule has 0 saturated carbocycles. The molecule has 5 amide bonds. The van der Waals surface area contributed by atoms with Crippen LogP contribution in [0.25, 0.3) is 43.4 Å². The third kappa shape index (κ3) is 14.4. The number of anilines is 1. The van der Waals surface area contributed by atoms with Crippen LogP contribution in [0, 0.1) is 12.8 Å². The van der Waals surface area contributed by atoms with E-state index in [2.05, 4.69) is 31.6 Å². The lowest BCUT2D eigenvalue weighted by molar-refractivity contribution is -0.149. The number of thiazole rings is 6. The molecular weight excluding hydrogens is 1180 g/mol. The zero-order valence-electron chi connectivity index (χ0n) is 46.2. The van der Waals surface area contributed by atoms with Crippen molar-refractivity contribution in [3.8, 4) is 43.4 Å². The number of aromatic nitrogens is 7. The Morgan fingerprint density at radius 3 is 2.16 bits per heavy atom. The smallest absolute Gasteiger partial charge is 0.413 e. The summed E-state index contributed by atoms with van der Waals surface area (Å²) >= 11 is 7.29. The minimum absolute atomic E-state index is 0.0187. The Hall–Kier alpha value is -7.60. The minimum atomic E-state index is -1.07. The highest BCUT2D eigenvalue weighted by Crippen LogP contribution is 2.41. The summed E-state index contributed by atoms with van der Waals surface area (Å²) in [5, 5.41) is 23.2. The van der Waals surface area contributed by atoms with Gasteiger partial charge in [0.1, 0.15) is 76.7 Å². The lowest BCUT2D eigenvalue weighted by Gasteiger charge is -2.26. The second-order valence-electron chi connectivity index (χ2n) is 20.2. The quantitative estimate of drug-likeness (QED) is 0.0795. The number of ether oxygens (including phenoxy) is 3. The fourth-order valence-electron chi connectivity index (χ4n) is 8.60. The van der Waals surface area contributed by atoms with Crippen molar-refractivity contribution in [3.63, 3.8) is 0 Å². The molecule has 28 heteroatoms. The molecule has 4 atom stereocenters. The van der Waals surface area contributed by atoms with Crippen LogP contribution in [0.5, 0.6) is 0 Å². The van der Waals surface area contributed by atoms with Crippen molar-refractivity contribution in [2.75, 3.05) is 26.0 Å². The standard InChI is InChI=1S/C55H56N12O10S6/c1-25(2)30-17-36(69)41-26(3)82-52(66-41)32(18-39(70)56-8)59-46(72)34-22-78-48(61-34)29-15-16-31(50-63-38(24-81-50)64-54(74)77-55(5,6)7)58-42(29)33-21-79-51(60-33)35-23-80-53(62-35)44(45(76-27(4)68)28-13-11-10-12-14-28)65-40(71)19-57-47(73)43-37(20-75-9)83-49(30)67-43/h10-16,21-25,30,32,44-45H,17-20H2,1-9H3,(H,56,70)(H,57,73)(H,59,72)(H,64,74)(H,65,71)/t30?,32-,44-,45-/m0/s1. The van der Waals surface area contributed by atoms with E-state index in [1.165, 1.54) is 89.1 Å². The molecule has 1 aliphatic heterocycles. The van der Waals surface area contributed by atoms with E-state index in [4.69, 9.17) is 44.1 Å². The summed E-state index contributed by atoms with van der Waals surface area (Å²) in [5.41, 5.74) is 2.19. The van der Waals surface area contributed by atoms with E-state index < -0.39 is 66.0 Å². The van der Waals surface area contributed by atoms with Crippen LogP contribution in [0.1, 0.15) is 140 Å². The van der Waals surface area contributed by atoms with Crippen molar-refractivity contribution in [3.05, 3.63) is 111 Å². The largest absolute Gasteiger partial charge is 0.455 e. The first-order valence-corrected chi connectivity index (χ1v) is 30.9. The molecule has 83 heavy (non-hydrogen) atoms. The van der Waals surface area contributed by atoms with E-state index in [9.17, 15) is 33.6 Å². The van der Waals surface area contributed by atoms with Crippen molar-refractivity contribution < 1.29 is 47.8 Å². The van der Waals surface area contributed by atoms with Crippen LogP contribution in [0.4, 0.5) is 10.6 Å². The number of rotatable bonds is 10. The van der Waals surface area contributed by atoms with Crippen molar-refractivity contribution in [1.82, 2.24) is 56.2 Å². The van der Waals surface area contributed by atoms with Gasteiger partial charge in [-0.15, -0.1) is 68.0 Å². The van der Waals surface area contributed by atoms with Gasteiger partial charge in [-0.25, -0.2) is 39.7 Å². The molecule has 9 rings (SSSR count). The zero-order chi connectivity index (χ0) is 59.3. The number of hydrogen-bond donors (Lipinski definition) is 5. The van der Waals surface area contributed by atoms with Crippen LogP contribution >= 0.6 is 68.0 Å². The molecule has 1 aliphatic rings. The van der Waals surface area contributed by atoms with Gasteiger partial charge in [-0.05, 0) is 51.3 Å². The number of pyridine rings is 1. The Bertz CT molecular complexity index is 3730. The molecule has 10 bridgehead atoms. The van der Waals surface area contributed by atoms with Crippen LogP contribution in [-0.4, -0.2) is 103 Å². The highest BCUT2D eigenvalue weighted by atomic mass is 32.1. The third-order valence-corrected chi connectivity index (χ3v) is 18.3. The topological polar surface area (TPSA) is 298 Å². The number of ketones is 1. The molecule has 432 valence electrons. The van der Waals surface area contributed by atoms with E-state index in [1.54, 1.807) is 91.7 Å². The molecule has 7 aromatic heterocycles. The van der Waals surface area contributed by atoms with Crippen molar-refractivity contribution >= 4 is 115 Å². The highest BCUT2D eigenvalue weighted by molar-refractivity contribution is 7.15. The summed E-state index contributed by atoms with van der Waals surface area (Å²) in [4.78, 5) is 131.